The Kier molecular flexibility index (Phi) is 3.26. The van der Waals surface area contributed by atoms with Gasteiger partial charge in [-0.15, -0.1) is 0 Å². The van der Waals surface area contributed by atoms with E-state index >= 15 is 0 Å². The minimum Gasteiger partial charge on any atom is -0.478 e. The number of aromatic nitrogens is 1. The number of carbonyl (C=O) groups is 1. The van der Waals surface area contributed by atoms with E-state index in [0.29, 0.717) is 24.4 Å². The first kappa shape index (κ1) is 13.4. The van der Waals surface area contributed by atoms with Crippen LogP contribution in [0, 0.1) is 10.1 Å². The molecule has 1 N–H and O–H groups in total. The molecule has 1 atom stereocenters. The molecule has 108 valence electrons. The Morgan fingerprint density at radius 1 is 1.43 bits per heavy atom. The maximum atomic E-state index is 11.4. The number of ether oxygens (including phenoxy) is 1. The summed E-state index contributed by atoms with van der Waals surface area (Å²) in [5.74, 6) is -1.05. The van der Waals surface area contributed by atoms with Crippen LogP contribution in [-0.2, 0) is 4.74 Å². The van der Waals surface area contributed by atoms with Crippen molar-refractivity contribution in [3.05, 3.63) is 45.6 Å². The van der Waals surface area contributed by atoms with Crippen molar-refractivity contribution in [2.75, 3.05) is 13.2 Å². The summed E-state index contributed by atoms with van der Waals surface area (Å²) in [6.07, 6.45) is 0.796. The number of non-ortho nitro benzene ring substituents is 1. The van der Waals surface area contributed by atoms with Gasteiger partial charge in [0.05, 0.1) is 22.6 Å². The molecule has 21 heavy (non-hydrogen) atoms. The molecule has 7 nitrogen and oxygen atoms in total. The van der Waals surface area contributed by atoms with Gasteiger partial charge in [-0.2, -0.15) is 0 Å². The number of pyridine rings is 1. The van der Waals surface area contributed by atoms with Gasteiger partial charge in [0.2, 0.25) is 0 Å². The van der Waals surface area contributed by atoms with Crippen LogP contribution in [0.25, 0.3) is 10.9 Å². The lowest BCUT2D eigenvalue weighted by Crippen LogP contribution is -2.06. The van der Waals surface area contributed by atoms with E-state index in [-0.39, 0.29) is 22.6 Å². The molecule has 2 aromatic rings. The monoisotopic (exact) mass is 288 g/mol. The molecule has 0 saturated carbocycles. The summed E-state index contributed by atoms with van der Waals surface area (Å²) >= 11 is 0. The van der Waals surface area contributed by atoms with Crippen LogP contribution < -0.4 is 0 Å². The third kappa shape index (κ3) is 2.43. The molecule has 1 aromatic heterocycles. The Morgan fingerprint density at radius 2 is 2.24 bits per heavy atom. The Bertz CT molecular complexity index is 737. The van der Waals surface area contributed by atoms with Crippen LogP contribution in [0.15, 0.2) is 24.3 Å². The van der Waals surface area contributed by atoms with E-state index in [2.05, 4.69) is 4.98 Å². The molecule has 1 aliphatic rings. The molecule has 1 saturated heterocycles. The molecule has 0 amide bonds. The predicted octanol–water partition coefficient (Wildman–Crippen LogP) is 2.35. The second-order valence-corrected chi connectivity index (χ2v) is 4.92. The Labute approximate surface area is 119 Å². The quantitative estimate of drug-likeness (QED) is 0.687. The van der Waals surface area contributed by atoms with Crippen LogP contribution in [0.3, 0.4) is 0 Å². The van der Waals surface area contributed by atoms with Gasteiger partial charge in [0.1, 0.15) is 0 Å². The number of nitro groups is 1. The predicted molar refractivity (Wildman–Crippen MR) is 73.5 cm³/mol. The maximum absolute atomic E-state index is 11.4. The highest BCUT2D eigenvalue weighted by atomic mass is 16.6. The van der Waals surface area contributed by atoms with Gasteiger partial charge in [0, 0.05) is 35.7 Å². The third-order valence-electron chi connectivity index (χ3n) is 3.60. The van der Waals surface area contributed by atoms with Crippen molar-refractivity contribution in [2.45, 2.75) is 12.3 Å². The summed E-state index contributed by atoms with van der Waals surface area (Å²) < 4.78 is 5.30. The van der Waals surface area contributed by atoms with Gasteiger partial charge in [0.25, 0.3) is 5.69 Å². The highest BCUT2D eigenvalue weighted by molar-refractivity contribution is 6.03. The summed E-state index contributed by atoms with van der Waals surface area (Å²) in [6, 6.07) is 5.56. The Hall–Kier alpha value is -2.54. The number of rotatable bonds is 3. The van der Waals surface area contributed by atoms with Gasteiger partial charge < -0.3 is 9.84 Å². The van der Waals surface area contributed by atoms with Crippen LogP contribution in [0.1, 0.15) is 28.4 Å². The van der Waals surface area contributed by atoms with Gasteiger partial charge in [-0.05, 0) is 18.6 Å². The lowest BCUT2D eigenvalue weighted by molar-refractivity contribution is -0.384. The lowest BCUT2D eigenvalue weighted by atomic mass is 9.99. The average Bonchev–Trinajstić information content (AvgIpc) is 2.99. The molecule has 1 aliphatic heterocycles. The number of nitro benzene ring substituents is 1. The summed E-state index contributed by atoms with van der Waals surface area (Å²) in [7, 11) is 0. The van der Waals surface area contributed by atoms with Crippen LogP contribution in [0.4, 0.5) is 5.69 Å². The number of nitrogens with zero attached hydrogens (tertiary/aromatic N) is 2. The smallest absolute Gasteiger partial charge is 0.336 e. The van der Waals surface area contributed by atoms with Crippen LogP contribution in [-0.4, -0.2) is 34.2 Å². The Balaban J connectivity index is 2.20. The molecule has 0 spiro atoms. The largest absolute Gasteiger partial charge is 0.478 e. The van der Waals surface area contributed by atoms with Crippen molar-refractivity contribution in [1.82, 2.24) is 4.98 Å². The highest BCUT2D eigenvalue weighted by Gasteiger charge is 2.23. The van der Waals surface area contributed by atoms with E-state index in [0.717, 1.165) is 6.42 Å². The lowest BCUT2D eigenvalue weighted by Gasteiger charge is -2.10. The van der Waals surface area contributed by atoms with Crippen molar-refractivity contribution in [3.63, 3.8) is 0 Å². The summed E-state index contributed by atoms with van der Waals surface area (Å²) in [5, 5.41) is 20.5. The summed E-state index contributed by atoms with van der Waals surface area (Å²) in [4.78, 5) is 26.1. The SMILES string of the molecule is O=C(O)c1cc(C2CCOC2)nc2ccc([N+](=O)[O-])cc12. The van der Waals surface area contributed by atoms with Crippen LogP contribution in [0.2, 0.25) is 0 Å². The zero-order valence-corrected chi connectivity index (χ0v) is 11.0. The molecule has 3 rings (SSSR count). The number of carboxylic acid groups (broad SMARTS) is 1. The summed E-state index contributed by atoms with van der Waals surface area (Å²) in [5.41, 5.74) is 0.989. The van der Waals surface area contributed by atoms with Crippen LogP contribution >= 0.6 is 0 Å². The van der Waals surface area contributed by atoms with Gasteiger partial charge in [-0.3, -0.25) is 15.1 Å². The molecular formula is C14H12N2O5. The molecule has 1 aromatic carbocycles. The second-order valence-electron chi connectivity index (χ2n) is 4.92. The normalized spacial score (nSPS) is 18.0. The molecule has 7 heteroatoms. The van der Waals surface area contributed by atoms with Gasteiger partial charge in [-0.25, -0.2) is 4.79 Å². The first-order valence-corrected chi connectivity index (χ1v) is 6.46. The zero-order chi connectivity index (χ0) is 15.0. The van der Waals surface area contributed by atoms with Crippen molar-refractivity contribution in [3.8, 4) is 0 Å². The number of hydrogen-bond acceptors (Lipinski definition) is 5. The minimum absolute atomic E-state index is 0.0330. The summed E-state index contributed by atoms with van der Waals surface area (Å²) in [6.45, 7) is 1.15. The molecule has 1 unspecified atom stereocenters. The molecule has 0 aliphatic carbocycles. The van der Waals surface area contributed by atoms with E-state index in [1.165, 1.54) is 24.3 Å². The molecule has 0 bridgehead atoms. The molecule has 2 heterocycles. The number of fused-ring (bicyclic) bond motifs is 1. The fraction of sp³-hybridized carbons (Fsp3) is 0.286. The maximum Gasteiger partial charge on any atom is 0.336 e. The average molecular weight is 288 g/mol. The number of aromatic carboxylic acids is 1. The number of benzene rings is 1. The topological polar surface area (TPSA) is 103 Å². The van der Waals surface area contributed by atoms with Gasteiger partial charge in [-0.1, -0.05) is 0 Å². The van der Waals surface area contributed by atoms with Crippen LogP contribution in [0.5, 0.6) is 0 Å². The van der Waals surface area contributed by atoms with Crippen molar-refractivity contribution < 1.29 is 19.6 Å². The molecule has 0 radical (unpaired) electrons. The zero-order valence-electron chi connectivity index (χ0n) is 11.0. The van der Waals surface area contributed by atoms with E-state index in [4.69, 9.17) is 4.74 Å². The number of hydrogen-bond donors (Lipinski definition) is 1. The fourth-order valence-electron chi connectivity index (χ4n) is 2.50. The minimum atomic E-state index is -1.12. The second kappa shape index (κ2) is 5.10. The standard InChI is InChI=1S/C14H12N2O5/c17-14(18)11-6-13(8-3-4-21-7-8)15-12-2-1-9(16(19)20)5-10(11)12/h1-2,5-6,8H,3-4,7H2,(H,17,18). The number of carboxylic acids is 1. The van der Waals surface area contributed by atoms with Gasteiger partial charge >= 0.3 is 5.97 Å². The third-order valence-corrected chi connectivity index (χ3v) is 3.60. The highest BCUT2D eigenvalue weighted by Crippen LogP contribution is 2.29. The Morgan fingerprint density at radius 3 is 2.86 bits per heavy atom. The van der Waals surface area contributed by atoms with Crippen molar-refractivity contribution >= 4 is 22.6 Å². The van der Waals surface area contributed by atoms with E-state index in [9.17, 15) is 20.0 Å². The van der Waals surface area contributed by atoms with E-state index in [1.807, 2.05) is 0 Å². The van der Waals surface area contributed by atoms with Crippen molar-refractivity contribution in [1.29, 1.82) is 0 Å². The first-order valence-electron chi connectivity index (χ1n) is 6.46. The van der Waals surface area contributed by atoms with Crippen molar-refractivity contribution in [2.24, 2.45) is 0 Å². The molecule has 1 fully saturated rings. The van der Waals surface area contributed by atoms with E-state index < -0.39 is 10.9 Å². The first-order chi connectivity index (χ1) is 10.1. The fourth-order valence-corrected chi connectivity index (χ4v) is 2.50. The van der Waals surface area contributed by atoms with E-state index in [1.54, 1.807) is 0 Å². The molecular weight excluding hydrogens is 276 g/mol. The van der Waals surface area contributed by atoms with Gasteiger partial charge in [0.15, 0.2) is 0 Å².